The molecule has 0 aliphatic carbocycles. The first-order valence-corrected chi connectivity index (χ1v) is 6.43. The Morgan fingerprint density at radius 3 is 2.60 bits per heavy atom. The van der Waals surface area contributed by atoms with Crippen LogP contribution in [0, 0.1) is 0 Å². The van der Waals surface area contributed by atoms with Crippen LogP contribution < -0.4 is 4.57 Å². The van der Waals surface area contributed by atoms with Crippen molar-refractivity contribution in [2.24, 2.45) is 0 Å². The molecule has 86 valence electrons. The van der Waals surface area contributed by atoms with E-state index in [0.717, 1.165) is 6.54 Å². The van der Waals surface area contributed by atoms with Gasteiger partial charge in [-0.3, -0.25) is 0 Å². The number of hydrogen-bond acceptors (Lipinski definition) is 0. The minimum Gasteiger partial charge on any atom is -0.248 e. The largest absolute Gasteiger partial charge is 0.248 e. The Hall–Kier alpha value is -0.790. The fraction of sp³-hybridized carbons (Fsp3) is 0.769. The average molecular weight is 209 g/mol. The molecule has 15 heavy (non-hydrogen) atoms. The number of hydrogen-bond donors (Lipinski definition) is 1. The maximum Gasteiger partial charge on any atom is 0.241 e. The van der Waals surface area contributed by atoms with Crippen molar-refractivity contribution in [2.75, 3.05) is 0 Å². The molecule has 0 saturated carbocycles. The molecule has 0 bridgehead atoms. The molecule has 2 nitrogen and oxygen atoms in total. The number of aromatic nitrogens is 2. The van der Waals surface area contributed by atoms with E-state index in [1.807, 2.05) is 0 Å². The second-order valence-electron chi connectivity index (χ2n) is 4.33. The average Bonchev–Trinajstić information content (AvgIpc) is 2.69. The lowest BCUT2D eigenvalue weighted by atomic mass is 10.1. The molecule has 0 saturated heterocycles. The summed E-state index contributed by atoms with van der Waals surface area (Å²) >= 11 is 0. The highest BCUT2D eigenvalue weighted by molar-refractivity contribution is 4.89. The van der Waals surface area contributed by atoms with Gasteiger partial charge in [-0.25, -0.2) is 9.55 Å². The van der Waals surface area contributed by atoms with E-state index < -0.39 is 0 Å². The molecule has 1 aromatic rings. The summed E-state index contributed by atoms with van der Waals surface area (Å²) in [7, 11) is 0. The molecule has 1 rings (SSSR count). The van der Waals surface area contributed by atoms with Gasteiger partial charge >= 0.3 is 0 Å². The lowest BCUT2D eigenvalue weighted by Crippen LogP contribution is -2.30. The number of aromatic amines is 1. The minimum absolute atomic E-state index is 1.15. The lowest BCUT2D eigenvalue weighted by Gasteiger charge is -1.94. The number of nitrogens with zero attached hydrogens (tertiary/aromatic N) is 1. The summed E-state index contributed by atoms with van der Waals surface area (Å²) in [4.78, 5) is 3.35. The smallest absolute Gasteiger partial charge is 0.241 e. The van der Waals surface area contributed by atoms with Crippen LogP contribution in [0.4, 0.5) is 0 Å². The number of nitrogens with one attached hydrogen (secondary N) is 1. The van der Waals surface area contributed by atoms with E-state index in [1.165, 1.54) is 50.6 Å². The molecule has 0 atom stereocenters. The standard InChI is InChI=1S/C13H24N2/c1-3-5-7-8-9-13-11-15(12-14-13)10-6-4-2/h11-12H,3-10H2,1-2H3/p+1. The summed E-state index contributed by atoms with van der Waals surface area (Å²) < 4.78 is 2.28. The molecule has 2 heteroatoms. The molecule has 0 fully saturated rings. The molecular formula is C13H25N2+. The van der Waals surface area contributed by atoms with Crippen LogP contribution in [-0.4, -0.2) is 4.98 Å². The van der Waals surface area contributed by atoms with Crippen molar-refractivity contribution in [3.8, 4) is 0 Å². The van der Waals surface area contributed by atoms with Gasteiger partial charge in [0.1, 0.15) is 11.9 Å². The van der Waals surface area contributed by atoms with Crippen LogP contribution >= 0.6 is 0 Å². The fourth-order valence-electron chi connectivity index (χ4n) is 1.79. The first kappa shape index (κ1) is 12.3. The van der Waals surface area contributed by atoms with Crippen LogP contribution in [0.5, 0.6) is 0 Å². The molecule has 0 amide bonds. The molecule has 1 N–H and O–H groups in total. The molecule has 1 aromatic heterocycles. The third-order valence-electron chi connectivity index (χ3n) is 2.81. The van der Waals surface area contributed by atoms with Crippen molar-refractivity contribution in [3.63, 3.8) is 0 Å². The summed E-state index contributed by atoms with van der Waals surface area (Å²) in [5, 5.41) is 0. The Balaban J connectivity index is 2.20. The molecule has 0 aliphatic rings. The summed E-state index contributed by atoms with van der Waals surface area (Å²) in [5.41, 5.74) is 1.39. The maximum absolute atomic E-state index is 3.35. The third-order valence-corrected chi connectivity index (χ3v) is 2.81. The van der Waals surface area contributed by atoms with Crippen LogP contribution in [0.2, 0.25) is 0 Å². The molecule has 0 unspecified atom stereocenters. The monoisotopic (exact) mass is 209 g/mol. The molecule has 1 heterocycles. The zero-order chi connectivity index (χ0) is 10.9. The summed E-state index contributed by atoms with van der Waals surface area (Å²) in [5.74, 6) is 0. The number of imidazole rings is 1. The van der Waals surface area contributed by atoms with Crippen molar-refractivity contribution < 1.29 is 4.57 Å². The molecule has 0 aromatic carbocycles. The van der Waals surface area contributed by atoms with Gasteiger partial charge in [0.05, 0.1) is 6.54 Å². The normalized spacial score (nSPS) is 10.8. The Morgan fingerprint density at radius 2 is 1.87 bits per heavy atom. The number of rotatable bonds is 8. The number of aryl methyl sites for hydroxylation is 2. The highest BCUT2D eigenvalue weighted by Gasteiger charge is 2.04. The molecular weight excluding hydrogens is 184 g/mol. The van der Waals surface area contributed by atoms with Crippen LogP contribution in [0.15, 0.2) is 12.5 Å². The second kappa shape index (κ2) is 7.49. The first-order chi connectivity index (χ1) is 7.36. The van der Waals surface area contributed by atoms with E-state index in [1.54, 1.807) is 0 Å². The Bertz CT molecular complexity index is 253. The molecule has 0 aliphatic heterocycles. The van der Waals surface area contributed by atoms with Gasteiger partial charge < -0.3 is 0 Å². The van der Waals surface area contributed by atoms with Gasteiger partial charge in [0, 0.05) is 6.42 Å². The SMILES string of the molecule is CCCCCCc1c[n+](CCCC)c[nH]1. The lowest BCUT2D eigenvalue weighted by molar-refractivity contribution is -0.696. The van der Waals surface area contributed by atoms with Gasteiger partial charge in [0.25, 0.3) is 0 Å². The fourth-order valence-corrected chi connectivity index (χ4v) is 1.79. The topological polar surface area (TPSA) is 19.7 Å². The van der Waals surface area contributed by atoms with E-state index in [-0.39, 0.29) is 0 Å². The van der Waals surface area contributed by atoms with E-state index in [0.29, 0.717) is 0 Å². The van der Waals surface area contributed by atoms with Crippen molar-refractivity contribution in [2.45, 2.75) is 65.3 Å². The predicted molar refractivity (Wildman–Crippen MR) is 63.7 cm³/mol. The quantitative estimate of drug-likeness (QED) is 0.501. The summed E-state index contributed by atoms with van der Waals surface area (Å²) in [6, 6.07) is 0. The predicted octanol–water partition coefficient (Wildman–Crippen LogP) is 3.23. The van der Waals surface area contributed by atoms with Crippen LogP contribution in [0.3, 0.4) is 0 Å². The van der Waals surface area contributed by atoms with Gasteiger partial charge in [-0.05, 0) is 12.8 Å². The third kappa shape index (κ3) is 5.01. The van der Waals surface area contributed by atoms with Crippen molar-refractivity contribution in [1.29, 1.82) is 0 Å². The molecule has 0 radical (unpaired) electrons. The Kier molecular flexibility index (Phi) is 6.14. The summed E-state index contributed by atoms with van der Waals surface area (Å²) in [6.45, 7) is 5.65. The van der Waals surface area contributed by atoms with Gasteiger partial charge in [-0.1, -0.05) is 39.5 Å². The van der Waals surface area contributed by atoms with Crippen LogP contribution in [0.1, 0.15) is 58.1 Å². The van der Waals surface area contributed by atoms with Crippen molar-refractivity contribution >= 4 is 0 Å². The van der Waals surface area contributed by atoms with E-state index in [4.69, 9.17) is 0 Å². The first-order valence-electron chi connectivity index (χ1n) is 6.43. The van der Waals surface area contributed by atoms with Gasteiger partial charge in [0.15, 0.2) is 0 Å². The zero-order valence-corrected chi connectivity index (χ0v) is 10.3. The second-order valence-corrected chi connectivity index (χ2v) is 4.33. The Labute approximate surface area is 93.7 Å². The van der Waals surface area contributed by atoms with Gasteiger partial charge in [0.2, 0.25) is 6.33 Å². The van der Waals surface area contributed by atoms with E-state index in [9.17, 15) is 0 Å². The molecule has 0 spiro atoms. The minimum atomic E-state index is 1.15. The maximum atomic E-state index is 3.35. The Morgan fingerprint density at radius 1 is 1.07 bits per heavy atom. The summed E-state index contributed by atoms with van der Waals surface area (Å²) in [6.07, 6.45) is 13.5. The number of H-pyrrole nitrogens is 1. The van der Waals surface area contributed by atoms with Crippen LogP contribution in [0.25, 0.3) is 0 Å². The van der Waals surface area contributed by atoms with Crippen molar-refractivity contribution in [1.82, 2.24) is 4.98 Å². The van der Waals surface area contributed by atoms with Crippen molar-refractivity contribution in [3.05, 3.63) is 18.2 Å². The highest BCUT2D eigenvalue weighted by Crippen LogP contribution is 2.04. The zero-order valence-electron chi connectivity index (χ0n) is 10.3. The van der Waals surface area contributed by atoms with Crippen LogP contribution in [-0.2, 0) is 13.0 Å². The van der Waals surface area contributed by atoms with E-state index >= 15 is 0 Å². The van der Waals surface area contributed by atoms with Gasteiger partial charge in [-0.15, -0.1) is 0 Å². The highest BCUT2D eigenvalue weighted by atomic mass is 15.0. The van der Waals surface area contributed by atoms with Gasteiger partial charge in [-0.2, -0.15) is 0 Å². The number of unbranched alkanes of at least 4 members (excludes halogenated alkanes) is 4. The van der Waals surface area contributed by atoms with E-state index in [2.05, 4.69) is 35.9 Å².